The number of aryl methyl sites for hydroxylation is 3. The summed E-state index contributed by atoms with van der Waals surface area (Å²) in [7, 11) is -15.3. The lowest BCUT2D eigenvalue weighted by Crippen LogP contribution is -2.70. The van der Waals surface area contributed by atoms with Crippen LogP contribution in [0.4, 0.5) is 0 Å². The van der Waals surface area contributed by atoms with Gasteiger partial charge in [-0.3, -0.25) is 0 Å². The molecule has 0 bridgehead atoms. The van der Waals surface area contributed by atoms with Gasteiger partial charge in [-0.25, -0.2) is 25.3 Å². The number of aliphatic hydroxyl groups is 1. The highest BCUT2D eigenvalue weighted by Gasteiger charge is 2.79. The fourth-order valence-corrected chi connectivity index (χ4v) is 13.7. The van der Waals surface area contributed by atoms with Crippen LogP contribution in [0.3, 0.4) is 0 Å². The first-order chi connectivity index (χ1) is 17.7. The smallest absolute Gasteiger partial charge is 0.220 e. The van der Waals surface area contributed by atoms with E-state index in [0.717, 1.165) is 0 Å². The Morgan fingerprint density at radius 3 is 1.26 bits per heavy atom. The molecule has 38 heavy (non-hydrogen) atoms. The Bertz CT molecular complexity index is 1590. The molecule has 12 heteroatoms. The van der Waals surface area contributed by atoms with Gasteiger partial charge >= 0.3 is 0 Å². The SMILES string of the molecule is Cc1ccc(S(=O)(=O)C2(S(=O)(=O)c3ccc(C)cc3)CCN(O)[C@@]2(CO)S(=O)(=O)c2ccc(C)cc2)cc1. The Balaban J connectivity index is 2.19. The molecule has 3 aromatic rings. The first kappa shape index (κ1) is 28.4. The monoisotopic (exact) mass is 579 g/mol. The third-order valence-corrected chi connectivity index (χ3v) is 15.8. The molecule has 0 aromatic heterocycles. The Labute approximate surface area is 223 Å². The van der Waals surface area contributed by atoms with E-state index < -0.39 is 72.7 Å². The summed E-state index contributed by atoms with van der Waals surface area (Å²) < 4.78 is 83.4. The molecule has 0 radical (unpaired) electrons. The van der Waals surface area contributed by atoms with E-state index in [0.29, 0.717) is 16.7 Å². The van der Waals surface area contributed by atoms with Crippen LogP contribution >= 0.6 is 0 Å². The summed E-state index contributed by atoms with van der Waals surface area (Å²) in [4.78, 5) is -4.54. The van der Waals surface area contributed by atoms with Crippen molar-refractivity contribution in [2.24, 2.45) is 0 Å². The average molecular weight is 580 g/mol. The lowest BCUT2D eigenvalue weighted by Gasteiger charge is -2.44. The highest BCUT2D eigenvalue weighted by atomic mass is 32.3. The largest absolute Gasteiger partial charge is 0.393 e. The van der Waals surface area contributed by atoms with Crippen LogP contribution in [0.1, 0.15) is 23.1 Å². The number of hydrogen-bond acceptors (Lipinski definition) is 9. The minimum absolute atomic E-state index is 0.152. The third kappa shape index (κ3) is 3.77. The van der Waals surface area contributed by atoms with Crippen molar-refractivity contribution in [1.29, 1.82) is 0 Å². The molecule has 0 aliphatic carbocycles. The van der Waals surface area contributed by atoms with Gasteiger partial charge in [0.15, 0.2) is 0 Å². The van der Waals surface area contributed by atoms with Gasteiger partial charge < -0.3 is 10.3 Å². The molecule has 1 atom stereocenters. The highest BCUT2D eigenvalue weighted by molar-refractivity contribution is 8.12. The molecule has 1 aliphatic heterocycles. The minimum Gasteiger partial charge on any atom is -0.393 e. The zero-order valence-electron chi connectivity index (χ0n) is 21.1. The first-order valence-electron chi connectivity index (χ1n) is 11.7. The summed E-state index contributed by atoms with van der Waals surface area (Å²) in [6.07, 6.45) is -0.818. The minimum atomic E-state index is -5.11. The van der Waals surface area contributed by atoms with E-state index >= 15 is 0 Å². The van der Waals surface area contributed by atoms with Gasteiger partial charge in [0, 0.05) is 13.0 Å². The number of aliphatic hydroxyl groups excluding tert-OH is 1. The second-order valence-electron chi connectivity index (χ2n) is 9.52. The van der Waals surface area contributed by atoms with E-state index in [1.807, 2.05) is 0 Å². The number of benzene rings is 3. The summed E-state index contributed by atoms with van der Waals surface area (Å²) >= 11 is 0. The molecule has 0 spiro atoms. The van der Waals surface area contributed by atoms with Crippen molar-refractivity contribution in [3.05, 3.63) is 89.5 Å². The third-order valence-electron chi connectivity index (χ3n) is 7.19. The Kier molecular flexibility index (Phi) is 7.13. The average Bonchev–Trinajstić information content (AvgIpc) is 3.20. The van der Waals surface area contributed by atoms with Crippen LogP contribution in [0.15, 0.2) is 87.5 Å². The quantitative estimate of drug-likeness (QED) is 0.431. The molecule has 0 amide bonds. The first-order valence-corrected chi connectivity index (χ1v) is 16.2. The second kappa shape index (κ2) is 9.54. The van der Waals surface area contributed by atoms with Gasteiger partial charge in [-0.1, -0.05) is 53.1 Å². The molecule has 9 nitrogen and oxygen atoms in total. The van der Waals surface area contributed by atoms with Crippen LogP contribution in [0, 0.1) is 20.8 Å². The van der Waals surface area contributed by atoms with Gasteiger partial charge in [0.05, 0.1) is 21.3 Å². The van der Waals surface area contributed by atoms with Gasteiger partial charge in [0.2, 0.25) is 38.5 Å². The van der Waals surface area contributed by atoms with Crippen LogP contribution in [0.2, 0.25) is 0 Å². The van der Waals surface area contributed by atoms with Crippen LogP contribution in [-0.4, -0.2) is 62.7 Å². The zero-order valence-corrected chi connectivity index (χ0v) is 23.5. The van der Waals surface area contributed by atoms with Crippen molar-refractivity contribution in [2.45, 2.75) is 50.8 Å². The molecular weight excluding hydrogens is 550 g/mol. The Morgan fingerprint density at radius 1 is 0.632 bits per heavy atom. The van der Waals surface area contributed by atoms with Crippen molar-refractivity contribution in [3.63, 3.8) is 0 Å². The number of nitrogens with zero attached hydrogens (tertiary/aromatic N) is 1. The molecule has 1 aliphatic rings. The van der Waals surface area contributed by atoms with E-state index in [9.17, 15) is 35.6 Å². The summed E-state index contributed by atoms with van der Waals surface area (Å²) in [6.45, 7) is 2.96. The van der Waals surface area contributed by atoms with Gasteiger partial charge in [-0.05, 0) is 57.2 Å². The van der Waals surface area contributed by atoms with Crippen LogP contribution in [0.5, 0.6) is 0 Å². The molecule has 0 saturated carbocycles. The molecular formula is C26H29NO8S3. The van der Waals surface area contributed by atoms with Crippen molar-refractivity contribution in [1.82, 2.24) is 5.06 Å². The molecule has 0 unspecified atom stereocenters. The molecule has 2 N–H and O–H groups in total. The maximum atomic E-state index is 14.5. The summed E-state index contributed by atoms with van der Waals surface area (Å²) in [6, 6.07) is 15.9. The number of rotatable bonds is 7. The summed E-state index contributed by atoms with van der Waals surface area (Å²) in [5.74, 6) is 0. The van der Waals surface area contributed by atoms with Crippen LogP contribution in [-0.2, 0) is 29.5 Å². The normalized spacial score (nSPS) is 20.4. The van der Waals surface area contributed by atoms with E-state index in [1.54, 1.807) is 20.8 Å². The van der Waals surface area contributed by atoms with Crippen molar-refractivity contribution in [3.8, 4) is 0 Å². The topological polar surface area (TPSA) is 146 Å². The van der Waals surface area contributed by atoms with Gasteiger partial charge in [0.25, 0.3) is 0 Å². The number of sulfone groups is 3. The standard InChI is InChI=1S/C26H29NO8S3/c1-19-4-10-22(11-5-19)36(30,31)25(18-28)26(16-17-27(25)29,37(32,33)23-12-6-20(2)7-13-23)38(34,35)24-14-8-21(3)9-15-24/h4-15,28-29H,16-18H2,1-3H3/t25-/m0/s1. The van der Waals surface area contributed by atoms with E-state index in [1.165, 1.54) is 72.8 Å². The van der Waals surface area contributed by atoms with E-state index in [4.69, 9.17) is 0 Å². The Hall–Kier alpha value is -2.61. The number of hydrogen-bond donors (Lipinski definition) is 2. The second-order valence-corrected chi connectivity index (χ2v) is 16.3. The predicted molar refractivity (Wildman–Crippen MR) is 141 cm³/mol. The van der Waals surface area contributed by atoms with Crippen molar-refractivity contribution in [2.75, 3.05) is 13.2 Å². The van der Waals surface area contributed by atoms with Gasteiger partial charge in [0.1, 0.15) is 0 Å². The fourth-order valence-electron chi connectivity index (χ4n) is 5.02. The van der Waals surface area contributed by atoms with E-state index in [2.05, 4.69) is 0 Å². The highest BCUT2D eigenvalue weighted by Crippen LogP contribution is 2.55. The molecule has 4 rings (SSSR count). The van der Waals surface area contributed by atoms with Crippen molar-refractivity contribution >= 4 is 29.5 Å². The molecule has 1 saturated heterocycles. The Morgan fingerprint density at radius 2 is 0.947 bits per heavy atom. The predicted octanol–water partition coefficient (Wildman–Crippen LogP) is 2.81. The van der Waals surface area contributed by atoms with Gasteiger partial charge in [-0.15, -0.1) is 0 Å². The van der Waals surface area contributed by atoms with Crippen LogP contribution in [0.25, 0.3) is 0 Å². The number of hydroxylamine groups is 2. The molecule has 3 aromatic carbocycles. The molecule has 204 valence electrons. The van der Waals surface area contributed by atoms with Gasteiger partial charge in [-0.2, -0.15) is 5.06 Å². The fraction of sp³-hybridized carbons (Fsp3) is 0.308. The lowest BCUT2D eigenvalue weighted by atomic mass is 10.2. The summed E-state index contributed by atoms with van der Waals surface area (Å²) in [5.41, 5.74) is 2.07. The van der Waals surface area contributed by atoms with Crippen molar-refractivity contribution < 1.29 is 35.6 Å². The molecule has 1 heterocycles. The maximum absolute atomic E-state index is 14.5. The van der Waals surface area contributed by atoms with E-state index in [-0.39, 0.29) is 5.06 Å². The zero-order chi connectivity index (χ0) is 28.1. The maximum Gasteiger partial charge on any atom is 0.220 e. The molecule has 1 fully saturated rings. The lowest BCUT2D eigenvalue weighted by molar-refractivity contribution is -0.131. The van der Waals surface area contributed by atoms with Crippen LogP contribution < -0.4 is 0 Å². The summed E-state index contributed by atoms with van der Waals surface area (Å²) in [5, 5.41) is 22.0.